The molecule has 4 nitrogen and oxygen atoms in total. The van der Waals surface area contributed by atoms with Gasteiger partial charge in [0.15, 0.2) is 0 Å². The minimum atomic E-state index is -0.0330. The molecule has 0 radical (unpaired) electrons. The van der Waals surface area contributed by atoms with Crippen LogP contribution in [0.2, 0.25) is 0 Å². The van der Waals surface area contributed by atoms with Gasteiger partial charge in [0.25, 0.3) is 0 Å². The molecule has 0 saturated heterocycles. The van der Waals surface area contributed by atoms with E-state index in [1.54, 1.807) is 7.11 Å². The largest absolute Gasteiger partial charge is 0.496 e. The topological polar surface area (TPSA) is 58.7 Å². The molecule has 1 aromatic carbocycles. The van der Waals surface area contributed by atoms with Crippen molar-refractivity contribution in [2.24, 2.45) is 5.73 Å². The molecule has 3 N–H and O–H groups in total. The number of aliphatic hydroxyl groups excluding tert-OH is 1. The quantitative estimate of drug-likeness (QED) is 0.753. The molecule has 0 amide bonds. The second kappa shape index (κ2) is 8.15. The van der Waals surface area contributed by atoms with Crippen molar-refractivity contribution in [2.45, 2.75) is 32.4 Å². The first-order valence-corrected chi connectivity index (χ1v) is 6.89. The van der Waals surface area contributed by atoms with Gasteiger partial charge in [-0.05, 0) is 26.0 Å². The van der Waals surface area contributed by atoms with E-state index >= 15 is 0 Å². The van der Waals surface area contributed by atoms with Gasteiger partial charge in [-0.3, -0.25) is 4.90 Å². The Morgan fingerprint density at radius 2 is 2.00 bits per heavy atom. The zero-order chi connectivity index (χ0) is 14.3. The Labute approximate surface area is 116 Å². The minimum absolute atomic E-state index is 0.0330. The summed E-state index contributed by atoms with van der Waals surface area (Å²) in [7, 11) is 1.67. The second-order valence-electron chi connectivity index (χ2n) is 4.81. The molecule has 1 aromatic rings. The van der Waals surface area contributed by atoms with Crippen LogP contribution in [0.3, 0.4) is 0 Å². The lowest BCUT2D eigenvalue weighted by molar-refractivity contribution is 0.135. The standard InChI is InChI=1S/C15H26N2O2/c1-4-9-17(10-11-18)15(12(2)16)13-7-5-6-8-14(13)19-3/h5-8,12,15,18H,4,9-11,16H2,1-3H3. The van der Waals surface area contributed by atoms with E-state index in [4.69, 9.17) is 10.5 Å². The summed E-state index contributed by atoms with van der Waals surface area (Å²) >= 11 is 0. The van der Waals surface area contributed by atoms with Crippen LogP contribution in [0.4, 0.5) is 0 Å². The number of nitrogens with zero attached hydrogens (tertiary/aromatic N) is 1. The van der Waals surface area contributed by atoms with E-state index in [2.05, 4.69) is 11.8 Å². The fraction of sp³-hybridized carbons (Fsp3) is 0.600. The molecular formula is C15H26N2O2. The molecule has 0 aliphatic heterocycles. The molecule has 4 heteroatoms. The van der Waals surface area contributed by atoms with Gasteiger partial charge in [-0.15, -0.1) is 0 Å². The van der Waals surface area contributed by atoms with Crippen LogP contribution in [0.1, 0.15) is 31.9 Å². The minimum Gasteiger partial charge on any atom is -0.496 e. The first-order chi connectivity index (χ1) is 9.15. The van der Waals surface area contributed by atoms with Crippen LogP contribution in [0.25, 0.3) is 0 Å². The van der Waals surface area contributed by atoms with Crippen molar-refractivity contribution in [1.29, 1.82) is 0 Å². The Bertz CT molecular complexity index is 363. The van der Waals surface area contributed by atoms with Gasteiger partial charge in [0, 0.05) is 18.2 Å². The summed E-state index contributed by atoms with van der Waals surface area (Å²) in [6.45, 7) is 5.79. The predicted octanol–water partition coefficient (Wildman–Crippen LogP) is 1.79. The van der Waals surface area contributed by atoms with Crippen LogP contribution in [-0.2, 0) is 0 Å². The SMILES string of the molecule is CCCN(CCO)C(c1ccccc1OC)C(C)N. The summed E-state index contributed by atoms with van der Waals surface area (Å²) in [6.07, 6.45) is 1.03. The van der Waals surface area contributed by atoms with Crippen molar-refractivity contribution in [2.75, 3.05) is 26.8 Å². The van der Waals surface area contributed by atoms with Gasteiger partial charge in [0.2, 0.25) is 0 Å². The lowest BCUT2D eigenvalue weighted by Crippen LogP contribution is -2.41. The van der Waals surface area contributed by atoms with Gasteiger partial charge in [-0.2, -0.15) is 0 Å². The van der Waals surface area contributed by atoms with Crippen LogP contribution in [0.5, 0.6) is 5.75 Å². The summed E-state index contributed by atoms with van der Waals surface area (Å²) in [4.78, 5) is 2.22. The van der Waals surface area contributed by atoms with Crippen LogP contribution in [-0.4, -0.2) is 42.9 Å². The lowest BCUT2D eigenvalue weighted by atomic mass is 9.98. The van der Waals surface area contributed by atoms with Crippen molar-refractivity contribution >= 4 is 0 Å². The first-order valence-electron chi connectivity index (χ1n) is 6.89. The number of benzene rings is 1. The molecule has 0 heterocycles. The van der Waals surface area contributed by atoms with E-state index in [-0.39, 0.29) is 18.7 Å². The molecule has 0 spiro atoms. The van der Waals surface area contributed by atoms with E-state index in [0.29, 0.717) is 6.54 Å². The molecule has 1 rings (SSSR count). The number of para-hydroxylation sites is 1. The van der Waals surface area contributed by atoms with Gasteiger partial charge in [0.05, 0.1) is 19.8 Å². The van der Waals surface area contributed by atoms with Crippen LogP contribution in [0, 0.1) is 0 Å². The number of hydrogen-bond acceptors (Lipinski definition) is 4. The smallest absolute Gasteiger partial charge is 0.123 e. The highest BCUT2D eigenvalue weighted by molar-refractivity contribution is 5.36. The van der Waals surface area contributed by atoms with Gasteiger partial charge in [-0.1, -0.05) is 25.1 Å². The molecule has 0 aliphatic carbocycles. The van der Waals surface area contributed by atoms with Crippen LogP contribution >= 0.6 is 0 Å². The van der Waals surface area contributed by atoms with Crippen molar-refractivity contribution in [3.8, 4) is 5.75 Å². The summed E-state index contributed by atoms with van der Waals surface area (Å²) in [6, 6.07) is 7.98. The van der Waals surface area contributed by atoms with Crippen molar-refractivity contribution in [3.63, 3.8) is 0 Å². The number of methoxy groups -OCH3 is 1. The monoisotopic (exact) mass is 266 g/mol. The molecule has 0 fully saturated rings. The molecule has 0 aromatic heterocycles. The Morgan fingerprint density at radius 1 is 1.32 bits per heavy atom. The number of rotatable bonds is 8. The van der Waals surface area contributed by atoms with E-state index in [1.165, 1.54) is 0 Å². The highest BCUT2D eigenvalue weighted by atomic mass is 16.5. The summed E-state index contributed by atoms with van der Waals surface area (Å²) < 4.78 is 5.44. The first kappa shape index (κ1) is 16.0. The summed E-state index contributed by atoms with van der Waals surface area (Å²) in [5.41, 5.74) is 7.26. The molecular weight excluding hydrogens is 240 g/mol. The Balaban J connectivity index is 3.10. The highest BCUT2D eigenvalue weighted by Crippen LogP contribution is 2.31. The number of aliphatic hydroxyl groups is 1. The zero-order valence-corrected chi connectivity index (χ0v) is 12.2. The summed E-state index contributed by atoms with van der Waals surface area (Å²) in [5.74, 6) is 0.851. The van der Waals surface area contributed by atoms with E-state index in [9.17, 15) is 5.11 Å². The second-order valence-corrected chi connectivity index (χ2v) is 4.81. The lowest BCUT2D eigenvalue weighted by Gasteiger charge is -2.34. The number of ether oxygens (including phenoxy) is 1. The number of nitrogens with two attached hydrogens (primary N) is 1. The van der Waals surface area contributed by atoms with Gasteiger partial charge < -0.3 is 15.6 Å². The normalized spacial score (nSPS) is 14.4. The maximum absolute atomic E-state index is 9.25. The third-order valence-electron chi connectivity index (χ3n) is 3.25. The van der Waals surface area contributed by atoms with Gasteiger partial charge in [-0.25, -0.2) is 0 Å². The van der Waals surface area contributed by atoms with Crippen molar-refractivity contribution < 1.29 is 9.84 Å². The van der Waals surface area contributed by atoms with E-state index in [1.807, 2.05) is 31.2 Å². The molecule has 2 atom stereocenters. The van der Waals surface area contributed by atoms with E-state index < -0.39 is 0 Å². The average molecular weight is 266 g/mol. The van der Waals surface area contributed by atoms with Crippen LogP contribution in [0.15, 0.2) is 24.3 Å². The van der Waals surface area contributed by atoms with E-state index in [0.717, 1.165) is 24.3 Å². The molecule has 0 bridgehead atoms. The average Bonchev–Trinajstić information content (AvgIpc) is 2.39. The molecule has 0 aliphatic rings. The maximum Gasteiger partial charge on any atom is 0.123 e. The van der Waals surface area contributed by atoms with Crippen molar-refractivity contribution in [3.05, 3.63) is 29.8 Å². The van der Waals surface area contributed by atoms with Crippen LogP contribution < -0.4 is 10.5 Å². The molecule has 2 unspecified atom stereocenters. The summed E-state index contributed by atoms with van der Waals surface area (Å²) in [5, 5.41) is 9.25. The van der Waals surface area contributed by atoms with Gasteiger partial charge >= 0.3 is 0 Å². The number of hydrogen-bond donors (Lipinski definition) is 2. The predicted molar refractivity (Wildman–Crippen MR) is 78.3 cm³/mol. The fourth-order valence-electron chi connectivity index (χ4n) is 2.53. The van der Waals surface area contributed by atoms with Gasteiger partial charge in [0.1, 0.15) is 5.75 Å². The van der Waals surface area contributed by atoms with Crippen molar-refractivity contribution in [1.82, 2.24) is 4.90 Å². The maximum atomic E-state index is 9.25. The fourth-order valence-corrected chi connectivity index (χ4v) is 2.53. The molecule has 19 heavy (non-hydrogen) atoms. The molecule has 108 valence electrons. The Morgan fingerprint density at radius 3 is 2.53 bits per heavy atom. The highest BCUT2D eigenvalue weighted by Gasteiger charge is 2.25. The third-order valence-corrected chi connectivity index (χ3v) is 3.25. The zero-order valence-electron chi connectivity index (χ0n) is 12.2. The molecule has 0 saturated carbocycles. The Kier molecular flexibility index (Phi) is 6.84. The third kappa shape index (κ3) is 4.20. The Hall–Kier alpha value is -1.10.